The average molecular weight is 236 g/mol. The van der Waals surface area contributed by atoms with E-state index in [0.717, 1.165) is 6.42 Å². The van der Waals surface area contributed by atoms with Crippen molar-refractivity contribution in [1.82, 2.24) is 5.32 Å². The Labute approximate surface area is 101 Å². The van der Waals surface area contributed by atoms with E-state index in [4.69, 9.17) is 10.4 Å². The molecule has 17 heavy (non-hydrogen) atoms. The van der Waals surface area contributed by atoms with Crippen molar-refractivity contribution in [2.24, 2.45) is 0 Å². The molecule has 0 heterocycles. The molecule has 2 N–H and O–H groups in total. The second kappa shape index (κ2) is 7.00. The highest BCUT2D eigenvalue weighted by Gasteiger charge is 2.09. The van der Waals surface area contributed by atoms with Crippen LogP contribution in [0.2, 0.25) is 0 Å². The molecule has 0 radical (unpaired) electrons. The first-order valence-corrected chi connectivity index (χ1v) is 5.74. The van der Waals surface area contributed by atoms with E-state index in [0.29, 0.717) is 18.5 Å². The number of nitrogens with one attached hydrogen (secondary N) is 1. The third kappa shape index (κ3) is 3.81. The summed E-state index contributed by atoms with van der Waals surface area (Å²) in [6, 6.07) is 6.79. The minimum Gasteiger partial charge on any atom is -0.396 e. The summed E-state index contributed by atoms with van der Waals surface area (Å²) in [5, 5.41) is 20.7. The van der Waals surface area contributed by atoms with Gasteiger partial charge in [0, 0.05) is 24.8 Å². The molecule has 0 saturated carbocycles. The van der Waals surface area contributed by atoms with Gasteiger partial charge in [-0.15, -0.1) is 0 Å². The van der Waals surface area contributed by atoms with Gasteiger partial charge in [-0.3, -0.25) is 0 Å². The maximum absolute atomic E-state index is 13.7. The second-order valence-electron chi connectivity index (χ2n) is 3.89. The molecule has 0 bridgehead atoms. The minimum absolute atomic E-state index is 0.0690. The Kier molecular flexibility index (Phi) is 5.61. The standard InChI is InChI=1S/C13H17FN2O/c1-2-12(6-7-17)16-9-11-5-3-4-10(8-15)13(11)14/h3-5,12,16-17H,2,6-7,9H2,1H3. The molecule has 92 valence electrons. The lowest BCUT2D eigenvalue weighted by Gasteiger charge is -2.16. The van der Waals surface area contributed by atoms with Crippen LogP contribution in [0.15, 0.2) is 18.2 Å². The summed E-state index contributed by atoms with van der Waals surface area (Å²) < 4.78 is 13.7. The first kappa shape index (κ1) is 13.6. The fourth-order valence-electron chi connectivity index (χ4n) is 1.66. The second-order valence-corrected chi connectivity index (χ2v) is 3.89. The van der Waals surface area contributed by atoms with Crippen molar-refractivity contribution < 1.29 is 9.50 Å². The van der Waals surface area contributed by atoms with Crippen LogP contribution < -0.4 is 5.32 Å². The molecule has 0 spiro atoms. The van der Waals surface area contributed by atoms with Crippen LogP contribution in [0.1, 0.15) is 30.9 Å². The van der Waals surface area contributed by atoms with E-state index in [1.165, 1.54) is 6.07 Å². The van der Waals surface area contributed by atoms with Gasteiger partial charge < -0.3 is 10.4 Å². The summed E-state index contributed by atoms with van der Waals surface area (Å²) >= 11 is 0. The average Bonchev–Trinajstić information content (AvgIpc) is 2.36. The first-order chi connectivity index (χ1) is 8.22. The number of rotatable bonds is 6. The number of halogens is 1. The van der Waals surface area contributed by atoms with Gasteiger partial charge >= 0.3 is 0 Å². The van der Waals surface area contributed by atoms with Crippen molar-refractivity contribution in [3.63, 3.8) is 0 Å². The maximum Gasteiger partial charge on any atom is 0.145 e. The minimum atomic E-state index is -0.457. The predicted octanol–water partition coefficient (Wildman–Crippen LogP) is 1.95. The molecule has 1 atom stereocenters. The van der Waals surface area contributed by atoms with E-state index < -0.39 is 5.82 Å². The number of aliphatic hydroxyl groups excluding tert-OH is 1. The van der Waals surface area contributed by atoms with Crippen LogP contribution >= 0.6 is 0 Å². The monoisotopic (exact) mass is 236 g/mol. The van der Waals surface area contributed by atoms with Gasteiger partial charge in [-0.2, -0.15) is 5.26 Å². The van der Waals surface area contributed by atoms with Crippen LogP contribution in [-0.4, -0.2) is 17.8 Å². The number of aliphatic hydroxyl groups is 1. The van der Waals surface area contributed by atoms with Crippen LogP contribution in [-0.2, 0) is 6.54 Å². The normalized spacial score (nSPS) is 12.1. The van der Waals surface area contributed by atoms with E-state index in [1.54, 1.807) is 12.1 Å². The van der Waals surface area contributed by atoms with E-state index in [-0.39, 0.29) is 18.2 Å². The number of hydrogen-bond donors (Lipinski definition) is 2. The van der Waals surface area contributed by atoms with Gasteiger partial charge in [0.1, 0.15) is 11.9 Å². The Balaban J connectivity index is 2.66. The third-order valence-electron chi connectivity index (χ3n) is 2.75. The van der Waals surface area contributed by atoms with E-state index in [1.807, 2.05) is 13.0 Å². The summed E-state index contributed by atoms with van der Waals surface area (Å²) in [6.45, 7) is 2.50. The molecule has 0 amide bonds. The van der Waals surface area contributed by atoms with Crippen LogP contribution in [0.4, 0.5) is 4.39 Å². The largest absolute Gasteiger partial charge is 0.396 e. The highest BCUT2D eigenvalue weighted by atomic mass is 19.1. The van der Waals surface area contributed by atoms with E-state index >= 15 is 0 Å². The molecule has 1 unspecified atom stereocenters. The lowest BCUT2D eigenvalue weighted by molar-refractivity contribution is 0.261. The van der Waals surface area contributed by atoms with E-state index in [9.17, 15) is 4.39 Å². The molecule has 0 aliphatic heterocycles. The zero-order valence-corrected chi connectivity index (χ0v) is 9.91. The molecule has 0 fully saturated rings. The molecule has 0 aliphatic rings. The Bertz CT molecular complexity index is 401. The van der Waals surface area contributed by atoms with Crippen LogP contribution in [0, 0.1) is 17.1 Å². The van der Waals surface area contributed by atoms with Gasteiger partial charge in [0.05, 0.1) is 5.56 Å². The summed E-state index contributed by atoms with van der Waals surface area (Å²) in [4.78, 5) is 0. The van der Waals surface area contributed by atoms with Gasteiger partial charge in [0.25, 0.3) is 0 Å². The predicted molar refractivity (Wildman–Crippen MR) is 63.7 cm³/mol. The van der Waals surface area contributed by atoms with Gasteiger partial charge in [-0.1, -0.05) is 19.1 Å². The Morgan fingerprint density at radius 1 is 1.53 bits per heavy atom. The van der Waals surface area contributed by atoms with Crippen molar-refractivity contribution in [1.29, 1.82) is 5.26 Å². The van der Waals surface area contributed by atoms with Crippen LogP contribution in [0.5, 0.6) is 0 Å². The molecule has 1 aromatic carbocycles. The van der Waals surface area contributed by atoms with Gasteiger partial charge in [0.2, 0.25) is 0 Å². The van der Waals surface area contributed by atoms with Crippen molar-refractivity contribution in [3.8, 4) is 6.07 Å². The fraction of sp³-hybridized carbons (Fsp3) is 0.462. The summed E-state index contributed by atoms with van der Waals surface area (Å²) in [6.07, 6.45) is 1.52. The quantitative estimate of drug-likeness (QED) is 0.793. The van der Waals surface area contributed by atoms with Crippen molar-refractivity contribution in [2.45, 2.75) is 32.4 Å². The molecule has 1 aromatic rings. The Morgan fingerprint density at radius 2 is 2.29 bits per heavy atom. The third-order valence-corrected chi connectivity index (χ3v) is 2.75. The van der Waals surface area contributed by atoms with Gasteiger partial charge in [-0.25, -0.2) is 4.39 Å². The van der Waals surface area contributed by atoms with Crippen molar-refractivity contribution >= 4 is 0 Å². The van der Waals surface area contributed by atoms with Crippen LogP contribution in [0.25, 0.3) is 0 Å². The fourth-order valence-corrected chi connectivity index (χ4v) is 1.66. The molecular formula is C13H17FN2O. The summed E-state index contributed by atoms with van der Waals surface area (Å²) in [5.41, 5.74) is 0.556. The highest BCUT2D eigenvalue weighted by molar-refractivity contribution is 5.34. The van der Waals surface area contributed by atoms with Crippen molar-refractivity contribution in [3.05, 3.63) is 35.1 Å². The van der Waals surface area contributed by atoms with Gasteiger partial charge in [-0.05, 0) is 18.9 Å². The number of benzene rings is 1. The lowest BCUT2D eigenvalue weighted by atomic mass is 10.1. The topological polar surface area (TPSA) is 56.0 Å². The summed E-state index contributed by atoms with van der Waals surface area (Å²) in [5.74, 6) is -0.457. The molecule has 4 heteroatoms. The lowest BCUT2D eigenvalue weighted by Crippen LogP contribution is -2.29. The van der Waals surface area contributed by atoms with Gasteiger partial charge in [0.15, 0.2) is 0 Å². The Hall–Kier alpha value is -1.44. The maximum atomic E-state index is 13.7. The summed E-state index contributed by atoms with van der Waals surface area (Å²) in [7, 11) is 0. The number of nitrogens with zero attached hydrogens (tertiary/aromatic N) is 1. The highest BCUT2D eigenvalue weighted by Crippen LogP contribution is 2.12. The van der Waals surface area contributed by atoms with Crippen molar-refractivity contribution in [2.75, 3.05) is 6.61 Å². The Morgan fingerprint density at radius 3 is 2.88 bits per heavy atom. The molecular weight excluding hydrogens is 219 g/mol. The molecule has 0 aromatic heterocycles. The molecule has 0 saturated heterocycles. The number of hydrogen-bond acceptors (Lipinski definition) is 3. The molecule has 3 nitrogen and oxygen atoms in total. The smallest absolute Gasteiger partial charge is 0.145 e. The zero-order chi connectivity index (χ0) is 12.7. The van der Waals surface area contributed by atoms with E-state index in [2.05, 4.69) is 5.32 Å². The zero-order valence-electron chi connectivity index (χ0n) is 9.91. The number of nitriles is 1. The van der Waals surface area contributed by atoms with Crippen LogP contribution in [0.3, 0.4) is 0 Å². The molecule has 0 aliphatic carbocycles. The SMILES string of the molecule is CCC(CCO)NCc1cccc(C#N)c1F. The first-order valence-electron chi connectivity index (χ1n) is 5.74. The molecule has 1 rings (SSSR count).